The van der Waals surface area contributed by atoms with Gasteiger partial charge in [0, 0.05) is 11.1 Å². The average molecular weight is 566 g/mol. The van der Waals surface area contributed by atoms with Gasteiger partial charge in [0.2, 0.25) is 0 Å². The van der Waals surface area contributed by atoms with Gasteiger partial charge >= 0.3 is 18.9 Å². The molecule has 0 saturated carbocycles. The van der Waals surface area contributed by atoms with Crippen molar-refractivity contribution >= 4 is 23.6 Å². The maximum Gasteiger partial charge on any atom is 1.00 e. The number of carboxylic acid groups (broad SMARTS) is 1. The first-order valence-corrected chi connectivity index (χ1v) is 14.3. The number of aryl methyl sites for hydroxylation is 1. The zero-order valence-corrected chi connectivity index (χ0v) is 24.3. The van der Waals surface area contributed by atoms with E-state index in [0.29, 0.717) is 28.4 Å². The smallest absolute Gasteiger partial charge is 0.548 e. The van der Waals surface area contributed by atoms with E-state index < -0.39 is 17.9 Å². The Bertz CT molecular complexity index is 1450. The van der Waals surface area contributed by atoms with Crippen molar-refractivity contribution in [2.75, 3.05) is 12.0 Å². The molecule has 41 heavy (non-hydrogen) atoms. The molecule has 0 saturated heterocycles. The molecule has 4 rings (SSSR count). The van der Waals surface area contributed by atoms with E-state index in [1.54, 1.807) is 6.07 Å². The van der Waals surface area contributed by atoms with Gasteiger partial charge in [-0.15, -0.1) is 0 Å². The van der Waals surface area contributed by atoms with Crippen LogP contribution >= 0.6 is 11.8 Å². The number of carbonyl (C=O) groups excluding carboxylic acids is 2. The van der Waals surface area contributed by atoms with Crippen molar-refractivity contribution in [3.63, 3.8) is 0 Å². The second kappa shape index (κ2) is 15.7. The largest absolute Gasteiger partial charge is 1.00 e. The maximum absolute atomic E-state index is 13.2. The molecule has 1 aromatic heterocycles. The minimum Gasteiger partial charge on any atom is -0.548 e. The van der Waals surface area contributed by atoms with Gasteiger partial charge in [-0.05, 0) is 77.4 Å². The molecule has 4 aromatic rings. The molecule has 0 fully saturated rings. The molecular weight excluding hydrogens is 533 g/mol. The van der Waals surface area contributed by atoms with Crippen molar-refractivity contribution in [2.45, 2.75) is 39.2 Å². The molecular formula is C32H32LiNO6S. The summed E-state index contributed by atoms with van der Waals surface area (Å²) in [5.41, 5.74) is 5.56. The summed E-state index contributed by atoms with van der Waals surface area (Å²) in [6, 6.07) is 23.3. The van der Waals surface area contributed by atoms with Crippen molar-refractivity contribution in [3.8, 4) is 22.5 Å². The molecule has 208 valence electrons. The second-order valence-electron chi connectivity index (χ2n) is 9.44. The molecule has 0 unspecified atom stereocenters. The topological polar surface area (TPSA) is 112 Å². The number of hydrogen-bond donors (Lipinski definition) is 2. The summed E-state index contributed by atoms with van der Waals surface area (Å²) in [6.07, 6.45) is 2.16. The van der Waals surface area contributed by atoms with Crippen molar-refractivity contribution in [2.24, 2.45) is 0 Å². The van der Waals surface area contributed by atoms with E-state index in [2.05, 4.69) is 5.32 Å². The summed E-state index contributed by atoms with van der Waals surface area (Å²) in [7, 11) is 0. The van der Waals surface area contributed by atoms with E-state index in [1.807, 2.05) is 86.0 Å². The predicted molar refractivity (Wildman–Crippen MR) is 154 cm³/mol. The van der Waals surface area contributed by atoms with Crippen LogP contribution < -0.4 is 29.3 Å². The van der Waals surface area contributed by atoms with Crippen molar-refractivity contribution < 1.29 is 47.8 Å². The third-order valence-corrected chi connectivity index (χ3v) is 7.20. The van der Waals surface area contributed by atoms with Gasteiger partial charge in [-0.3, -0.25) is 4.79 Å². The standard InChI is InChI=1S/C32H33NO6S.Li/c1-21-5-3-4-6-26(21)28-17-23(9-13-27(28)31(35)33-29(32(36)37)15-16-40-2)19-38-20-25-12-14-30(39-25)24-10-7-22(18-34)8-11-24;/h3-14,17,29,34H,15-16,18-20H2,1-2H3,(H,33,35)(H,36,37);/q;+1/p-1/t29-;/m0./s1. The number of benzene rings is 3. The molecule has 0 aliphatic rings. The summed E-state index contributed by atoms with van der Waals surface area (Å²) in [6.45, 7) is 2.51. The van der Waals surface area contributed by atoms with Crippen LogP contribution in [0.2, 0.25) is 0 Å². The Morgan fingerprint density at radius 2 is 1.71 bits per heavy atom. The molecule has 7 nitrogen and oxygen atoms in total. The predicted octanol–water partition coefficient (Wildman–Crippen LogP) is 1.74. The van der Waals surface area contributed by atoms with Crippen molar-refractivity contribution in [1.29, 1.82) is 0 Å². The number of amides is 1. The molecule has 1 heterocycles. The Labute approximate surface area is 256 Å². The molecule has 9 heteroatoms. The average Bonchev–Trinajstić information content (AvgIpc) is 3.44. The molecule has 1 atom stereocenters. The van der Waals surface area contributed by atoms with E-state index in [9.17, 15) is 19.8 Å². The Hall–Kier alpha value is -3.25. The Morgan fingerprint density at radius 3 is 2.39 bits per heavy atom. The molecule has 2 N–H and O–H groups in total. The van der Waals surface area contributed by atoms with Crippen LogP contribution in [-0.4, -0.2) is 35.0 Å². The van der Waals surface area contributed by atoms with Crippen LogP contribution in [0.4, 0.5) is 0 Å². The first-order valence-electron chi connectivity index (χ1n) is 13.0. The van der Waals surface area contributed by atoms with Crippen molar-refractivity contribution in [3.05, 3.63) is 107 Å². The van der Waals surface area contributed by atoms with Crippen LogP contribution in [0.25, 0.3) is 22.5 Å². The van der Waals surface area contributed by atoms with Gasteiger partial charge in [0.15, 0.2) is 0 Å². The fourth-order valence-electron chi connectivity index (χ4n) is 4.35. The van der Waals surface area contributed by atoms with Crippen LogP contribution in [0, 0.1) is 6.92 Å². The van der Waals surface area contributed by atoms with E-state index >= 15 is 0 Å². The molecule has 0 aliphatic heterocycles. The van der Waals surface area contributed by atoms with Gasteiger partial charge in [0.1, 0.15) is 18.1 Å². The van der Waals surface area contributed by atoms with Gasteiger partial charge in [-0.1, -0.05) is 54.6 Å². The van der Waals surface area contributed by atoms with Gasteiger partial charge in [-0.2, -0.15) is 11.8 Å². The number of rotatable bonds is 13. The van der Waals surface area contributed by atoms with Gasteiger partial charge in [0.05, 0.1) is 25.2 Å². The summed E-state index contributed by atoms with van der Waals surface area (Å²) >= 11 is 1.51. The zero-order valence-electron chi connectivity index (χ0n) is 23.5. The number of nitrogens with one attached hydrogen (secondary N) is 1. The van der Waals surface area contributed by atoms with Gasteiger partial charge in [-0.25, -0.2) is 0 Å². The van der Waals surface area contributed by atoms with Crippen LogP contribution in [-0.2, 0) is 29.4 Å². The van der Waals surface area contributed by atoms with E-state index in [0.717, 1.165) is 27.8 Å². The van der Waals surface area contributed by atoms with E-state index in [-0.39, 0.29) is 45.1 Å². The number of aliphatic hydroxyl groups is 1. The Morgan fingerprint density at radius 1 is 0.976 bits per heavy atom. The number of furan rings is 1. The van der Waals surface area contributed by atoms with E-state index in [1.165, 1.54) is 11.8 Å². The monoisotopic (exact) mass is 565 g/mol. The number of carboxylic acids is 1. The Kier molecular flexibility index (Phi) is 12.3. The third-order valence-electron chi connectivity index (χ3n) is 6.56. The summed E-state index contributed by atoms with van der Waals surface area (Å²) in [5.74, 6) is 0.222. The fraction of sp³-hybridized carbons (Fsp3) is 0.250. The number of ether oxygens (including phenoxy) is 1. The van der Waals surface area contributed by atoms with Crippen LogP contribution in [0.5, 0.6) is 0 Å². The van der Waals surface area contributed by atoms with Gasteiger partial charge in [0.25, 0.3) is 5.91 Å². The zero-order chi connectivity index (χ0) is 28.5. The first-order chi connectivity index (χ1) is 19.4. The molecule has 3 aromatic carbocycles. The normalized spacial score (nSPS) is 11.5. The molecule has 1 amide bonds. The SMILES string of the molecule is CSCC[C@H](NC(=O)c1ccc(COCc2ccc(-c3ccc(CO)cc3)o2)cc1-c1ccccc1C)C(=O)[O-].[Li+]. The van der Waals surface area contributed by atoms with Crippen LogP contribution in [0.3, 0.4) is 0 Å². The fourth-order valence-corrected chi connectivity index (χ4v) is 4.82. The number of carbonyl (C=O) groups is 2. The summed E-state index contributed by atoms with van der Waals surface area (Å²) < 4.78 is 11.9. The van der Waals surface area contributed by atoms with Crippen molar-refractivity contribution in [1.82, 2.24) is 5.32 Å². The van der Waals surface area contributed by atoms with Crippen LogP contribution in [0.15, 0.2) is 83.3 Å². The molecule has 0 radical (unpaired) electrons. The minimum absolute atomic E-state index is 0. The number of aliphatic carboxylic acids is 1. The second-order valence-corrected chi connectivity index (χ2v) is 10.4. The maximum atomic E-state index is 13.2. The number of aliphatic hydroxyl groups excluding tert-OH is 1. The molecule has 0 spiro atoms. The van der Waals surface area contributed by atoms with E-state index in [4.69, 9.17) is 9.15 Å². The first kappa shape index (κ1) is 32.3. The molecule has 0 aliphatic carbocycles. The third kappa shape index (κ3) is 8.62. The van der Waals surface area contributed by atoms with Crippen LogP contribution in [0.1, 0.15) is 39.2 Å². The summed E-state index contributed by atoms with van der Waals surface area (Å²) in [5, 5.41) is 23.5. The Balaban J connectivity index is 0.00000462. The quantitative estimate of drug-likeness (QED) is 0.238. The number of hydrogen-bond acceptors (Lipinski definition) is 7. The van der Waals surface area contributed by atoms with Gasteiger partial charge < -0.3 is 29.5 Å². The minimum atomic E-state index is -1.30. The number of thioether (sulfide) groups is 1. The molecule has 0 bridgehead atoms. The summed E-state index contributed by atoms with van der Waals surface area (Å²) in [4.78, 5) is 24.8.